The average Bonchev–Trinajstić information content (AvgIpc) is 2.63. The summed E-state index contributed by atoms with van der Waals surface area (Å²) < 4.78 is 30.3. The number of rotatable bonds is 4. The van der Waals surface area contributed by atoms with Crippen LogP contribution in [0.1, 0.15) is 19.8 Å². The van der Waals surface area contributed by atoms with Crippen LogP contribution in [0.4, 0.5) is 0 Å². The summed E-state index contributed by atoms with van der Waals surface area (Å²) in [6.07, 6.45) is 2.38. The second-order valence-corrected chi connectivity index (χ2v) is 7.62. The zero-order valence-corrected chi connectivity index (χ0v) is 12.4. The van der Waals surface area contributed by atoms with Gasteiger partial charge in [0.15, 0.2) is 0 Å². The van der Waals surface area contributed by atoms with Gasteiger partial charge in [0.1, 0.15) is 0 Å². The Bertz CT molecular complexity index is 393. The van der Waals surface area contributed by atoms with E-state index in [9.17, 15) is 13.5 Å². The van der Waals surface area contributed by atoms with Gasteiger partial charge >= 0.3 is 0 Å². The summed E-state index contributed by atoms with van der Waals surface area (Å²) in [5, 5.41) is 10.1. The zero-order valence-electron chi connectivity index (χ0n) is 11.6. The van der Waals surface area contributed by atoms with Gasteiger partial charge in [-0.05, 0) is 31.8 Å². The molecule has 2 aliphatic rings. The van der Waals surface area contributed by atoms with E-state index in [0.29, 0.717) is 6.54 Å². The van der Waals surface area contributed by atoms with Crippen LogP contribution < -0.4 is 4.72 Å². The first kappa shape index (κ1) is 15.2. The predicted molar refractivity (Wildman–Crippen MR) is 72.4 cm³/mol. The van der Waals surface area contributed by atoms with Crippen molar-refractivity contribution in [2.45, 2.75) is 38.0 Å². The van der Waals surface area contributed by atoms with E-state index in [2.05, 4.69) is 16.5 Å². The van der Waals surface area contributed by atoms with Crippen LogP contribution in [0.25, 0.3) is 0 Å². The molecule has 3 atom stereocenters. The molecular formula is C12H24N2O4S. The number of nitrogens with zero attached hydrogens (tertiary/aromatic N) is 1. The van der Waals surface area contributed by atoms with Crippen molar-refractivity contribution in [2.75, 3.05) is 32.5 Å². The van der Waals surface area contributed by atoms with Crippen LogP contribution in [0.2, 0.25) is 0 Å². The quantitative estimate of drug-likeness (QED) is 0.723. The van der Waals surface area contributed by atoms with Crippen molar-refractivity contribution in [3.8, 4) is 0 Å². The summed E-state index contributed by atoms with van der Waals surface area (Å²) in [5.41, 5.74) is 0. The molecule has 112 valence electrons. The summed E-state index contributed by atoms with van der Waals surface area (Å²) in [5.74, 6) is 0.769. The summed E-state index contributed by atoms with van der Waals surface area (Å²) in [6.45, 7) is 5.22. The SMILES string of the molecule is CC1CCN(CC2OCC(NS(C)(=O)=O)C2O)CC1. The molecule has 0 aromatic heterocycles. The standard InChI is InChI=1S/C12H24N2O4S/c1-9-3-5-14(6-4-9)7-11-12(15)10(8-18-11)13-19(2,16)17/h9-13,15H,3-8H2,1-2H3. The van der Waals surface area contributed by atoms with Crippen molar-refractivity contribution in [1.82, 2.24) is 9.62 Å². The highest BCUT2D eigenvalue weighted by atomic mass is 32.2. The first-order valence-electron chi connectivity index (χ1n) is 6.84. The van der Waals surface area contributed by atoms with Crippen molar-refractivity contribution < 1.29 is 18.3 Å². The fraction of sp³-hybridized carbons (Fsp3) is 1.00. The highest BCUT2D eigenvalue weighted by Crippen LogP contribution is 2.20. The van der Waals surface area contributed by atoms with Gasteiger partial charge in [0, 0.05) is 6.54 Å². The van der Waals surface area contributed by atoms with Crippen molar-refractivity contribution in [1.29, 1.82) is 0 Å². The van der Waals surface area contributed by atoms with E-state index in [4.69, 9.17) is 4.74 Å². The predicted octanol–water partition coefficient (Wildman–Crippen LogP) is -0.604. The van der Waals surface area contributed by atoms with E-state index in [1.54, 1.807) is 0 Å². The van der Waals surface area contributed by atoms with E-state index >= 15 is 0 Å². The maximum atomic E-state index is 11.2. The molecule has 0 bridgehead atoms. The van der Waals surface area contributed by atoms with Crippen LogP contribution >= 0.6 is 0 Å². The summed E-state index contributed by atoms with van der Waals surface area (Å²) in [6, 6.07) is -0.524. The highest BCUT2D eigenvalue weighted by Gasteiger charge is 2.38. The third-order valence-electron chi connectivity index (χ3n) is 3.96. The summed E-state index contributed by atoms with van der Waals surface area (Å²) in [7, 11) is -3.31. The van der Waals surface area contributed by atoms with Gasteiger partial charge in [0.05, 0.1) is 31.1 Å². The normalized spacial score (nSPS) is 34.8. The number of piperidine rings is 1. The lowest BCUT2D eigenvalue weighted by molar-refractivity contribution is 0.00898. The Morgan fingerprint density at radius 3 is 2.58 bits per heavy atom. The minimum Gasteiger partial charge on any atom is -0.389 e. The number of nitrogens with one attached hydrogen (secondary N) is 1. The molecule has 0 aliphatic carbocycles. The van der Waals surface area contributed by atoms with Crippen LogP contribution in [0.5, 0.6) is 0 Å². The molecule has 2 fully saturated rings. The van der Waals surface area contributed by atoms with Gasteiger partial charge in [-0.15, -0.1) is 0 Å². The minimum atomic E-state index is -3.31. The molecule has 2 aliphatic heterocycles. The molecule has 0 saturated carbocycles. The van der Waals surface area contributed by atoms with Gasteiger partial charge < -0.3 is 14.7 Å². The van der Waals surface area contributed by atoms with Crippen molar-refractivity contribution >= 4 is 10.0 Å². The lowest BCUT2D eigenvalue weighted by atomic mass is 9.98. The molecule has 0 amide bonds. The Balaban J connectivity index is 1.83. The molecule has 0 aromatic carbocycles. The van der Waals surface area contributed by atoms with E-state index < -0.39 is 22.2 Å². The van der Waals surface area contributed by atoms with Gasteiger partial charge in [-0.25, -0.2) is 13.1 Å². The fourth-order valence-corrected chi connectivity index (χ4v) is 3.48. The highest BCUT2D eigenvalue weighted by molar-refractivity contribution is 7.88. The van der Waals surface area contributed by atoms with Crippen molar-refractivity contribution in [2.24, 2.45) is 5.92 Å². The molecule has 6 nitrogen and oxygen atoms in total. The number of aliphatic hydroxyl groups is 1. The average molecular weight is 292 g/mol. The number of sulfonamides is 1. The number of likely N-dealkylation sites (tertiary alicyclic amines) is 1. The van der Waals surface area contributed by atoms with Gasteiger partial charge in [-0.2, -0.15) is 0 Å². The second kappa shape index (κ2) is 6.05. The third kappa shape index (κ3) is 4.39. The molecule has 3 unspecified atom stereocenters. The molecule has 2 heterocycles. The Kier molecular flexibility index (Phi) is 4.84. The van der Waals surface area contributed by atoms with E-state index in [1.807, 2.05) is 0 Å². The molecule has 7 heteroatoms. The van der Waals surface area contributed by atoms with Crippen LogP contribution in [0.3, 0.4) is 0 Å². The van der Waals surface area contributed by atoms with Gasteiger partial charge in [0.25, 0.3) is 0 Å². The van der Waals surface area contributed by atoms with Crippen LogP contribution in [0.15, 0.2) is 0 Å². The van der Waals surface area contributed by atoms with E-state index in [0.717, 1.165) is 25.3 Å². The molecule has 2 saturated heterocycles. The molecule has 2 N–H and O–H groups in total. The third-order valence-corrected chi connectivity index (χ3v) is 4.69. The first-order chi connectivity index (χ1) is 8.85. The van der Waals surface area contributed by atoms with Gasteiger partial charge in [-0.3, -0.25) is 0 Å². The van der Waals surface area contributed by atoms with Crippen LogP contribution in [-0.2, 0) is 14.8 Å². The lowest BCUT2D eigenvalue weighted by Crippen LogP contribution is -2.47. The van der Waals surface area contributed by atoms with Gasteiger partial charge in [-0.1, -0.05) is 6.92 Å². The monoisotopic (exact) mass is 292 g/mol. The Labute approximate surface area is 115 Å². The lowest BCUT2D eigenvalue weighted by Gasteiger charge is -2.32. The number of hydrogen-bond acceptors (Lipinski definition) is 5. The topological polar surface area (TPSA) is 78.9 Å². The van der Waals surface area contributed by atoms with Crippen molar-refractivity contribution in [3.63, 3.8) is 0 Å². The second-order valence-electron chi connectivity index (χ2n) is 5.84. The largest absolute Gasteiger partial charge is 0.389 e. The number of hydrogen-bond donors (Lipinski definition) is 2. The maximum Gasteiger partial charge on any atom is 0.209 e. The molecule has 2 rings (SSSR count). The first-order valence-corrected chi connectivity index (χ1v) is 8.73. The maximum absolute atomic E-state index is 11.2. The van der Waals surface area contributed by atoms with E-state index in [-0.39, 0.29) is 12.7 Å². The van der Waals surface area contributed by atoms with Crippen LogP contribution in [0, 0.1) is 5.92 Å². The smallest absolute Gasteiger partial charge is 0.209 e. The fourth-order valence-electron chi connectivity index (χ4n) is 2.72. The number of ether oxygens (including phenoxy) is 1. The van der Waals surface area contributed by atoms with E-state index in [1.165, 1.54) is 12.8 Å². The molecular weight excluding hydrogens is 268 g/mol. The van der Waals surface area contributed by atoms with Crippen molar-refractivity contribution in [3.05, 3.63) is 0 Å². The summed E-state index contributed by atoms with van der Waals surface area (Å²) >= 11 is 0. The number of aliphatic hydroxyl groups excluding tert-OH is 1. The molecule has 0 spiro atoms. The van der Waals surface area contributed by atoms with Gasteiger partial charge in [0.2, 0.25) is 10.0 Å². The summed E-state index contributed by atoms with van der Waals surface area (Å²) in [4.78, 5) is 2.29. The molecule has 19 heavy (non-hydrogen) atoms. The minimum absolute atomic E-state index is 0.239. The Morgan fingerprint density at radius 1 is 1.37 bits per heavy atom. The van der Waals surface area contributed by atoms with Crippen LogP contribution in [-0.4, -0.2) is 69.2 Å². The zero-order chi connectivity index (χ0) is 14.0. The molecule has 0 aromatic rings. The Hall–Kier alpha value is -0.210. The molecule has 0 radical (unpaired) electrons. The Morgan fingerprint density at radius 2 is 2.00 bits per heavy atom.